The van der Waals surface area contributed by atoms with Crippen molar-refractivity contribution in [3.05, 3.63) is 12.2 Å². The van der Waals surface area contributed by atoms with Gasteiger partial charge in [0.1, 0.15) is 0 Å². The number of rotatable bonds is 17. The molecule has 156 valence electrons. The Morgan fingerprint density at radius 1 is 0.815 bits per heavy atom. The zero-order valence-electron chi connectivity index (χ0n) is 17.1. The summed E-state index contributed by atoms with van der Waals surface area (Å²) < 4.78 is 5.33. The molecule has 1 heterocycles. The molecule has 0 saturated carbocycles. The van der Waals surface area contributed by atoms with Crippen molar-refractivity contribution < 1.29 is 19.4 Å². The Morgan fingerprint density at radius 2 is 1.33 bits per heavy atom. The lowest BCUT2D eigenvalue weighted by atomic mass is 10.1. The van der Waals surface area contributed by atoms with Gasteiger partial charge in [0.05, 0.1) is 0 Å². The highest BCUT2D eigenvalue weighted by Crippen LogP contribution is 2.12. The number of ether oxygens (including phenoxy) is 1. The van der Waals surface area contributed by atoms with E-state index in [0.717, 1.165) is 19.3 Å². The molecule has 0 spiro atoms. The van der Waals surface area contributed by atoms with Gasteiger partial charge in [-0.3, -0.25) is 14.9 Å². The smallest absolute Gasteiger partial charge is 0.259 e. The van der Waals surface area contributed by atoms with Crippen LogP contribution in [-0.4, -0.2) is 35.7 Å². The van der Waals surface area contributed by atoms with Crippen LogP contribution >= 0.6 is 0 Å². The van der Waals surface area contributed by atoms with Crippen molar-refractivity contribution in [3.63, 3.8) is 0 Å². The lowest BCUT2D eigenvalue weighted by molar-refractivity contribution is -0.134. The van der Waals surface area contributed by atoms with Crippen molar-refractivity contribution in [2.45, 2.75) is 109 Å². The number of carbonyl (C=O) groups is 2. The monoisotopic (exact) mass is 381 g/mol. The molecule has 0 aliphatic carbocycles. The number of aliphatic hydroxyl groups is 1. The lowest BCUT2D eigenvalue weighted by Crippen LogP contribution is -2.32. The first kappa shape index (κ1) is 23.8. The molecular weight excluding hydrogens is 342 g/mol. The molecule has 2 N–H and O–H groups in total. The summed E-state index contributed by atoms with van der Waals surface area (Å²) in [5.41, 5.74) is 0. The van der Waals surface area contributed by atoms with E-state index < -0.39 is 24.0 Å². The number of hydrogen-bond acceptors (Lipinski definition) is 4. The number of carbonyl (C=O) groups excluding carboxylic acids is 2. The third-order valence-corrected chi connectivity index (χ3v) is 5.01. The summed E-state index contributed by atoms with van der Waals surface area (Å²) >= 11 is 0. The minimum Gasteiger partial charge on any atom is -0.380 e. The summed E-state index contributed by atoms with van der Waals surface area (Å²) in [5, 5.41) is 11.6. The first-order valence-electron chi connectivity index (χ1n) is 11.0. The van der Waals surface area contributed by atoms with Crippen LogP contribution < -0.4 is 5.32 Å². The fourth-order valence-corrected chi connectivity index (χ4v) is 3.27. The Kier molecular flexibility index (Phi) is 14.0. The van der Waals surface area contributed by atoms with E-state index in [1.165, 1.54) is 70.6 Å². The molecule has 0 bridgehead atoms. The average Bonchev–Trinajstić information content (AvgIpc) is 2.90. The second-order valence-electron chi connectivity index (χ2n) is 7.53. The maximum absolute atomic E-state index is 11.4. The molecule has 0 aromatic rings. The van der Waals surface area contributed by atoms with E-state index in [1.54, 1.807) is 0 Å². The molecule has 5 heteroatoms. The van der Waals surface area contributed by atoms with E-state index >= 15 is 0 Å². The van der Waals surface area contributed by atoms with Crippen molar-refractivity contribution in [2.24, 2.45) is 0 Å². The first-order chi connectivity index (χ1) is 13.2. The number of aliphatic hydroxyl groups excluding tert-OH is 1. The van der Waals surface area contributed by atoms with Crippen LogP contribution in [0.5, 0.6) is 0 Å². The highest BCUT2D eigenvalue weighted by molar-refractivity contribution is 6.07. The summed E-state index contributed by atoms with van der Waals surface area (Å²) in [7, 11) is 0. The van der Waals surface area contributed by atoms with Gasteiger partial charge in [-0.05, 0) is 32.1 Å². The molecule has 1 rings (SSSR count). The molecule has 1 fully saturated rings. The summed E-state index contributed by atoms with van der Waals surface area (Å²) in [4.78, 5) is 22.5. The Morgan fingerprint density at radius 3 is 1.85 bits per heavy atom. The van der Waals surface area contributed by atoms with Gasteiger partial charge >= 0.3 is 0 Å². The molecule has 2 amide bonds. The topological polar surface area (TPSA) is 75.6 Å². The summed E-state index contributed by atoms with van der Waals surface area (Å²) in [6.07, 6.45) is 19.7. The quantitative estimate of drug-likeness (QED) is 0.222. The molecular formula is C22H39NO4. The van der Waals surface area contributed by atoms with E-state index in [1.807, 2.05) is 0 Å². The second-order valence-corrected chi connectivity index (χ2v) is 7.53. The minimum atomic E-state index is -1.35. The summed E-state index contributed by atoms with van der Waals surface area (Å²) in [6, 6.07) is 0. The Balaban J connectivity index is 1.81. The van der Waals surface area contributed by atoms with Crippen LogP contribution in [0.1, 0.15) is 96.8 Å². The Hall–Kier alpha value is -1.20. The van der Waals surface area contributed by atoms with Gasteiger partial charge in [-0.2, -0.15) is 0 Å². The molecule has 0 aromatic heterocycles. The number of amides is 2. The van der Waals surface area contributed by atoms with Crippen LogP contribution in [0.3, 0.4) is 0 Å². The minimum absolute atomic E-state index is 0.406. The molecule has 0 radical (unpaired) electrons. The van der Waals surface area contributed by atoms with Gasteiger partial charge in [0.25, 0.3) is 11.8 Å². The largest absolute Gasteiger partial charge is 0.380 e. The van der Waals surface area contributed by atoms with Gasteiger partial charge in [-0.15, -0.1) is 0 Å². The fourth-order valence-electron chi connectivity index (χ4n) is 3.27. The molecule has 5 nitrogen and oxygen atoms in total. The highest BCUT2D eigenvalue weighted by atomic mass is 16.5. The second kappa shape index (κ2) is 15.8. The van der Waals surface area contributed by atoms with E-state index in [0.29, 0.717) is 6.61 Å². The Bertz CT molecular complexity index is 436. The van der Waals surface area contributed by atoms with Crippen molar-refractivity contribution in [2.75, 3.05) is 6.61 Å². The first-order valence-corrected chi connectivity index (χ1v) is 11.0. The van der Waals surface area contributed by atoms with E-state index in [2.05, 4.69) is 24.4 Å². The number of unbranched alkanes of at least 4 members (excludes halogenated alkanes) is 12. The molecule has 27 heavy (non-hydrogen) atoms. The standard InChI is InChI=1S/C22H39NO4/c1-2-3-4-5-6-7-8-9-10-11-12-13-14-15-16-17-18-27-20-19(24)21(25)23-22(20)26/h9-10,19-20,24H,2-8,11-18H2,1H3,(H,23,25,26)/b10-9-. The SMILES string of the molecule is CCCCCCCC/C=C\CCCCCCCCOC1C(=O)NC(=O)C1O. The van der Waals surface area contributed by atoms with Crippen molar-refractivity contribution in [3.8, 4) is 0 Å². The van der Waals surface area contributed by atoms with E-state index in [9.17, 15) is 14.7 Å². The molecule has 2 unspecified atom stereocenters. The predicted molar refractivity (Wildman–Crippen MR) is 108 cm³/mol. The van der Waals surface area contributed by atoms with Crippen LogP contribution in [0.15, 0.2) is 12.2 Å². The third-order valence-electron chi connectivity index (χ3n) is 5.01. The fraction of sp³-hybridized carbons (Fsp3) is 0.818. The summed E-state index contributed by atoms with van der Waals surface area (Å²) in [5.74, 6) is -1.19. The number of allylic oxidation sites excluding steroid dienone is 2. The van der Waals surface area contributed by atoms with Crippen molar-refractivity contribution in [1.82, 2.24) is 5.32 Å². The van der Waals surface area contributed by atoms with Crippen molar-refractivity contribution >= 4 is 11.8 Å². The van der Waals surface area contributed by atoms with Gasteiger partial charge in [0.2, 0.25) is 0 Å². The third kappa shape index (κ3) is 11.3. The van der Waals surface area contributed by atoms with Crippen LogP contribution in [0, 0.1) is 0 Å². The Labute approximate surface area is 164 Å². The zero-order chi connectivity index (χ0) is 19.7. The molecule has 1 aliphatic heterocycles. The van der Waals surface area contributed by atoms with Gasteiger partial charge in [-0.1, -0.05) is 76.9 Å². The van der Waals surface area contributed by atoms with Crippen LogP contribution in [0.4, 0.5) is 0 Å². The maximum Gasteiger partial charge on any atom is 0.259 e. The highest BCUT2D eigenvalue weighted by Gasteiger charge is 2.41. The molecule has 1 aliphatic rings. The predicted octanol–water partition coefficient (Wildman–Crippen LogP) is 4.43. The zero-order valence-corrected chi connectivity index (χ0v) is 17.1. The molecule has 0 aromatic carbocycles. The van der Waals surface area contributed by atoms with Crippen LogP contribution in [0.25, 0.3) is 0 Å². The van der Waals surface area contributed by atoms with Gasteiger partial charge in [-0.25, -0.2) is 0 Å². The van der Waals surface area contributed by atoms with Gasteiger partial charge < -0.3 is 9.84 Å². The summed E-state index contributed by atoms with van der Waals surface area (Å²) in [6.45, 7) is 2.66. The lowest BCUT2D eigenvalue weighted by Gasteiger charge is -2.11. The van der Waals surface area contributed by atoms with Gasteiger partial charge in [0.15, 0.2) is 12.2 Å². The maximum atomic E-state index is 11.4. The number of nitrogens with one attached hydrogen (secondary N) is 1. The van der Waals surface area contributed by atoms with Crippen molar-refractivity contribution in [1.29, 1.82) is 0 Å². The van der Waals surface area contributed by atoms with E-state index in [-0.39, 0.29) is 0 Å². The normalized spacial score (nSPS) is 19.9. The molecule has 2 atom stereocenters. The molecule has 1 saturated heterocycles. The van der Waals surface area contributed by atoms with E-state index in [4.69, 9.17) is 4.74 Å². The number of hydrogen-bond donors (Lipinski definition) is 2. The van der Waals surface area contributed by atoms with Crippen LogP contribution in [0.2, 0.25) is 0 Å². The van der Waals surface area contributed by atoms with Crippen LogP contribution in [-0.2, 0) is 14.3 Å². The average molecular weight is 382 g/mol. The number of imide groups is 1. The van der Waals surface area contributed by atoms with Gasteiger partial charge in [0, 0.05) is 6.61 Å².